The van der Waals surface area contributed by atoms with Gasteiger partial charge in [0.15, 0.2) is 42.8 Å². The number of hydrogen-bond donors (Lipinski definition) is 10. The summed E-state index contributed by atoms with van der Waals surface area (Å²) in [6, 6.07) is 61.6. The topological polar surface area (TPSA) is 399 Å². The number of anilines is 4. The van der Waals surface area contributed by atoms with Crippen molar-refractivity contribution in [2.75, 3.05) is 78.8 Å². The van der Waals surface area contributed by atoms with Crippen molar-refractivity contribution >= 4 is 87.5 Å². The minimum atomic E-state index is -3.59. The highest BCUT2D eigenvalue weighted by Gasteiger charge is 2.21. The van der Waals surface area contributed by atoms with E-state index in [4.69, 9.17) is 4.74 Å². The second kappa shape index (κ2) is 41.6. The van der Waals surface area contributed by atoms with Crippen LogP contribution in [0.3, 0.4) is 0 Å². The van der Waals surface area contributed by atoms with Crippen LogP contribution in [0.15, 0.2) is 217 Å². The van der Waals surface area contributed by atoms with Gasteiger partial charge in [-0.3, -0.25) is 24.2 Å². The molecular weight excluding hydrogens is 1500 g/mol. The van der Waals surface area contributed by atoms with Crippen LogP contribution in [0.4, 0.5) is 28.4 Å². The average molecular weight is 1590 g/mol. The number of aromatic hydroxyl groups is 5. The van der Waals surface area contributed by atoms with Gasteiger partial charge in [-0.2, -0.15) is 5.21 Å². The second-order valence-corrected chi connectivity index (χ2v) is 33.1. The Balaban J connectivity index is 0.000000196. The molecule has 0 unspecified atom stereocenters. The summed E-state index contributed by atoms with van der Waals surface area (Å²) >= 11 is 0. The number of H-pyrrole nitrogens is 1. The van der Waals surface area contributed by atoms with E-state index < -0.39 is 64.3 Å². The fourth-order valence-corrected chi connectivity index (χ4v) is 12.6. The third kappa shape index (κ3) is 29.7. The lowest BCUT2D eigenvalue weighted by Crippen LogP contribution is -2.29. The average Bonchev–Trinajstić information content (AvgIpc) is 1.38. The molecule has 113 heavy (non-hydrogen) atoms. The highest BCUT2D eigenvalue weighted by atomic mass is 32.2. The van der Waals surface area contributed by atoms with Crippen molar-refractivity contribution < 1.29 is 74.7 Å². The van der Waals surface area contributed by atoms with Crippen LogP contribution in [0, 0.1) is 34.6 Å². The van der Waals surface area contributed by atoms with Crippen LogP contribution in [-0.2, 0) is 60.6 Å². The molecule has 0 saturated carbocycles. The summed E-state index contributed by atoms with van der Waals surface area (Å²) in [5.74, 6) is -1.40. The van der Waals surface area contributed by atoms with Gasteiger partial charge in [-0.1, -0.05) is 143 Å². The number of methoxy groups -OCH3 is 1. The number of nitrogens with zero attached hydrogens (tertiary/aromatic N) is 5. The lowest BCUT2D eigenvalue weighted by molar-refractivity contribution is 0.0847. The van der Waals surface area contributed by atoms with Crippen LogP contribution in [0.5, 0.6) is 28.7 Å². The number of hydrogen-bond acceptors (Lipinski definition) is 24. The van der Waals surface area contributed by atoms with Crippen molar-refractivity contribution in [2.45, 2.75) is 60.8 Å². The van der Waals surface area contributed by atoms with Gasteiger partial charge in [0.1, 0.15) is 52.6 Å². The van der Waals surface area contributed by atoms with Crippen molar-refractivity contribution in [3.05, 3.63) is 290 Å². The number of aliphatic imine (C=N–C) groups is 1. The van der Waals surface area contributed by atoms with E-state index in [1.54, 1.807) is 121 Å². The molecule has 0 fully saturated rings. The van der Waals surface area contributed by atoms with Gasteiger partial charge in [-0.15, -0.1) is 10.2 Å². The number of sulfone groups is 2. The monoisotopic (exact) mass is 1590 g/mol. The first kappa shape index (κ1) is 87.8. The number of nitrogens with one attached hydrogen (secondary N) is 5. The summed E-state index contributed by atoms with van der Waals surface area (Å²) < 4.78 is 74.4. The third-order valence-electron chi connectivity index (χ3n) is 16.5. The summed E-state index contributed by atoms with van der Waals surface area (Å²) in [5, 5.41) is 75.8. The van der Waals surface area contributed by atoms with Crippen LogP contribution in [0.25, 0.3) is 11.4 Å². The number of ether oxygens (including phenoxy) is 1. The number of aromatic amines is 1. The molecule has 10 aromatic carbocycles. The summed E-state index contributed by atoms with van der Waals surface area (Å²) in [6.45, 7) is 11.7. The first-order chi connectivity index (χ1) is 53.5. The SMILES string of the molecule is COCC(=O)c1cccc(NCc2cc(C)ccc2O)c1.Cc1ccc(O)c(C=Nc2cccc(C(=O)CS(C)(=O)=O)c2)c1.Cc1ccc(O)c(CNc2cccc(-c3nn[nH]n3)c2)c1.Cc1ccc(O)c(CNc2cccc(C(=O)CS(=O)(=O)N(C)C)c2)c1.Cc1ccc(O)c(CNc2cccc(C(=O)CS(C)(=O)=O)c2)c1. The maximum Gasteiger partial charge on any atom is 0.221 e. The van der Waals surface area contributed by atoms with E-state index in [2.05, 4.69) is 46.9 Å². The normalized spacial score (nSPS) is 11.1. The highest BCUT2D eigenvalue weighted by molar-refractivity contribution is 7.91. The van der Waals surface area contributed by atoms with Gasteiger partial charge < -0.3 is 51.5 Å². The fraction of sp³-hybridized carbons (Fsp3) is 0.214. The van der Waals surface area contributed by atoms with E-state index in [-0.39, 0.29) is 35.4 Å². The van der Waals surface area contributed by atoms with Gasteiger partial charge in [0.05, 0.1) is 5.69 Å². The van der Waals surface area contributed by atoms with E-state index in [0.29, 0.717) is 82.6 Å². The first-order valence-corrected chi connectivity index (χ1v) is 40.8. The lowest BCUT2D eigenvalue weighted by Gasteiger charge is -2.12. The molecule has 0 radical (unpaired) electrons. The molecule has 0 bridgehead atoms. The van der Waals surface area contributed by atoms with Crippen molar-refractivity contribution in [3.8, 4) is 40.1 Å². The van der Waals surface area contributed by atoms with Gasteiger partial charge in [-0.25, -0.2) is 29.6 Å². The zero-order valence-corrected chi connectivity index (χ0v) is 66.6. The molecule has 0 aliphatic heterocycles. The Morgan fingerprint density at radius 3 is 1.15 bits per heavy atom. The van der Waals surface area contributed by atoms with Crippen LogP contribution in [-0.4, -0.2) is 163 Å². The molecular formula is C84H92N10O16S3. The minimum Gasteiger partial charge on any atom is -0.508 e. The largest absolute Gasteiger partial charge is 0.508 e. The van der Waals surface area contributed by atoms with Crippen LogP contribution < -0.4 is 21.3 Å². The molecule has 0 aliphatic rings. The standard InChI is InChI=1S/C18H22N2O4S.C17H19NO4S.C17H17NO4S.C17H19NO3.C15H15N5O/c1-13-7-8-17(21)15(9-13)11-19-16-6-4-5-14(10-16)18(22)12-25(23,24)20(2)3;2*1-12-6-7-16(19)14(8-12)10-18-15-5-3-4-13(9-15)17(20)11-23(2,21)22;1-12-6-7-16(19)14(8-12)10-18-15-5-3-4-13(9-15)17(20)11-21-2;1-10-5-6-14(21)12(7-10)9-16-13-4-2-3-11(8-13)15-17-19-20-18-15/h4-10,19,21H,11-12H2,1-3H3;3-9,18-19H,10-11H2,1-2H3;3-10,19H,11H2,1-2H3;3-9,18-19H,10-11H2,1-2H3;2-8,16,21H,9H2,1H3,(H,17,18,19,20). The number of tetrazole rings is 1. The predicted octanol–water partition coefficient (Wildman–Crippen LogP) is 13.2. The quantitative estimate of drug-likeness (QED) is 0.0161. The number of carbonyl (C=O) groups excluding carboxylic acids is 4. The van der Waals surface area contributed by atoms with E-state index in [9.17, 15) is 70.0 Å². The van der Waals surface area contributed by atoms with Crippen molar-refractivity contribution in [3.63, 3.8) is 0 Å². The van der Waals surface area contributed by atoms with Crippen molar-refractivity contribution in [1.82, 2.24) is 24.9 Å². The van der Waals surface area contributed by atoms with Crippen molar-refractivity contribution in [2.24, 2.45) is 4.99 Å². The lowest BCUT2D eigenvalue weighted by atomic mass is 10.1. The van der Waals surface area contributed by atoms with Gasteiger partial charge >= 0.3 is 0 Å². The molecule has 0 aliphatic carbocycles. The van der Waals surface area contributed by atoms with Gasteiger partial charge in [-0.05, 0) is 137 Å². The minimum absolute atomic E-state index is 0.0560. The van der Waals surface area contributed by atoms with E-state index in [0.717, 1.165) is 83.8 Å². The molecule has 29 heteroatoms. The number of Topliss-reactive ketones (excluding diaryl/α,β-unsaturated/α-hetero) is 4. The number of phenols is 5. The maximum atomic E-state index is 12.2. The summed E-state index contributed by atoms with van der Waals surface area (Å²) in [5.41, 5.74) is 15.1. The molecule has 0 spiro atoms. The Hall–Kier alpha value is -12.4. The number of carbonyl (C=O) groups is 4. The Kier molecular flexibility index (Phi) is 32.3. The van der Waals surface area contributed by atoms with Gasteiger partial charge in [0.2, 0.25) is 15.8 Å². The van der Waals surface area contributed by atoms with Crippen LogP contribution in [0.2, 0.25) is 0 Å². The number of rotatable bonds is 28. The Morgan fingerprint density at radius 1 is 0.434 bits per heavy atom. The highest BCUT2D eigenvalue weighted by Crippen LogP contribution is 2.27. The molecule has 11 rings (SSSR count). The summed E-state index contributed by atoms with van der Waals surface area (Å²) in [6.07, 6.45) is 3.56. The Morgan fingerprint density at radius 2 is 0.779 bits per heavy atom. The molecule has 1 aromatic heterocycles. The van der Waals surface area contributed by atoms with E-state index in [1.165, 1.54) is 33.5 Å². The number of ketones is 4. The molecule has 1 heterocycles. The number of phenolic OH excluding ortho intramolecular Hbond substituents is 5. The smallest absolute Gasteiger partial charge is 0.221 e. The maximum absolute atomic E-state index is 12.2. The number of aromatic nitrogens is 4. The molecule has 592 valence electrons. The molecule has 0 saturated heterocycles. The summed E-state index contributed by atoms with van der Waals surface area (Å²) in [7, 11) is -6.02. The first-order valence-electron chi connectivity index (χ1n) is 35.0. The third-order valence-corrected chi connectivity index (χ3v) is 19.8. The van der Waals surface area contributed by atoms with Gasteiger partial charge in [0, 0.05) is 144 Å². The van der Waals surface area contributed by atoms with E-state index in [1.807, 2.05) is 120 Å². The van der Waals surface area contributed by atoms with E-state index >= 15 is 0 Å². The predicted molar refractivity (Wildman–Crippen MR) is 442 cm³/mol. The second-order valence-electron chi connectivity index (χ2n) is 26.7. The molecule has 26 nitrogen and oxygen atoms in total. The zero-order valence-electron chi connectivity index (χ0n) is 64.1. The fourth-order valence-electron chi connectivity index (χ4n) is 10.6. The van der Waals surface area contributed by atoms with Gasteiger partial charge in [0.25, 0.3) is 0 Å². The molecule has 10 N–H and O–H groups in total. The molecule has 11 aromatic rings. The molecule has 0 amide bonds. The Labute approximate surface area is 658 Å². The van der Waals surface area contributed by atoms with Crippen molar-refractivity contribution in [1.29, 1.82) is 0 Å². The van der Waals surface area contributed by atoms with Crippen LogP contribution >= 0.6 is 0 Å². The Bertz CT molecular complexity index is 5530. The number of benzene rings is 10. The zero-order chi connectivity index (χ0) is 82.6. The molecule has 0 atom stereocenters. The van der Waals surface area contributed by atoms with Crippen LogP contribution in [0.1, 0.15) is 97.1 Å². The summed E-state index contributed by atoms with van der Waals surface area (Å²) in [4.78, 5) is 52.1. The number of aryl methyl sites for hydroxylation is 5. The number of sulfonamides is 1.